The van der Waals surface area contributed by atoms with Gasteiger partial charge in [-0.3, -0.25) is 9.59 Å². The number of nitrogens with one attached hydrogen (secondary N) is 1. The number of hydrogen-bond acceptors (Lipinski definition) is 5. The van der Waals surface area contributed by atoms with Gasteiger partial charge in [0, 0.05) is 63.2 Å². The van der Waals surface area contributed by atoms with Gasteiger partial charge in [-0.2, -0.15) is 0 Å². The average molecular weight is 504 g/mol. The van der Waals surface area contributed by atoms with E-state index in [1.807, 2.05) is 29.2 Å². The number of fused-ring (bicyclic) bond motifs is 1. The SMILES string of the molecule is Cc1cc(N2CCCCC2)nc2ccc(NC(=O)CCC(=O)N3CCN(c4ccccc4F)CC3)cc12. The van der Waals surface area contributed by atoms with Crippen molar-refractivity contribution in [2.45, 2.75) is 39.0 Å². The summed E-state index contributed by atoms with van der Waals surface area (Å²) in [5.41, 5.74) is 3.33. The van der Waals surface area contributed by atoms with Crippen molar-refractivity contribution >= 4 is 39.9 Å². The Kier molecular flexibility index (Phi) is 7.53. The predicted octanol–water partition coefficient (Wildman–Crippen LogP) is 4.74. The molecule has 37 heavy (non-hydrogen) atoms. The fourth-order valence-electron chi connectivity index (χ4n) is 5.25. The molecular weight excluding hydrogens is 469 g/mol. The third-order valence-electron chi connectivity index (χ3n) is 7.36. The van der Waals surface area contributed by atoms with Gasteiger partial charge in [-0.15, -0.1) is 0 Å². The first-order valence-corrected chi connectivity index (χ1v) is 13.2. The molecular formula is C29H34FN5O2. The van der Waals surface area contributed by atoms with Crippen molar-refractivity contribution in [3.63, 3.8) is 0 Å². The molecule has 2 saturated heterocycles. The first-order chi connectivity index (χ1) is 18.0. The van der Waals surface area contributed by atoms with E-state index in [1.54, 1.807) is 17.0 Å². The molecule has 1 N–H and O–H groups in total. The van der Waals surface area contributed by atoms with E-state index in [2.05, 4.69) is 23.2 Å². The molecule has 3 aromatic rings. The van der Waals surface area contributed by atoms with E-state index >= 15 is 0 Å². The maximum absolute atomic E-state index is 14.0. The van der Waals surface area contributed by atoms with E-state index < -0.39 is 0 Å². The number of nitrogens with zero attached hydrogens (tertiary/aromatic N) is 4. The first-order valence-electron chi connectivity index (χ1n) is 13.2. The average Bonchev–Trinajstić information content (AvgIpc) is 2.93. The van der Waals surface area contributed by atoms with E-state index in [4.69, 9.17) is 4.98 Å². The Hall–Kier alpha value is -3.68. The van der Waals surface area contributed by atoms with Crippen LogP contribution < -0.4 is 15.1 Å². The van der Waals surface area contributed by atoms with Gasteiger partial charge >= 0.3 is 0 Å². The summed E-state index contributed by atoms with van der Waals surface area (Å²) in [5.74, 6) is 0.538. The van der Waals surface area contributed by atoms with Crippen molar-refractivity contribution < 1.29 is 14.0 Å². The highest BCUT2D eigenvalue weighted by Crippen LogP contribution is 2.27. The van der Waals surface area contributed by atoms with Gasteiger partial charge in [0.2, 0.25) is 11.8 Å². The zero-order chi connectivity index (χ0) is 25.8. The molecule has 2 amide bonds. The maximum Gasteiger partial charge on any atom is 0.224 e. The number of piperidine rings is 1. The van der Waals surface area contributed by atoms with Gasteiger partial charge in [-0.25, -0.2) is 9.37 Å². The number of piperazine rings is 1. The number of rotatable bonds is 6. The molecule has 194 valence electrons. The molecule has 0 radical (unpaired) electrons. The number of hydrogen-bond donors (Lipinski definition) is 1. The summed E-state index contributed by atoms with van der Waals surface area (Å²) in [6.45, 7) is 6.35. The van der Waals surface area contributed by atoms with E-state index in [1.165, 1.54) is 25.3 Å². The molecule has 0 saturated carbocycles. The molecule has 2 aliphatic heterocycles. The second-order valence-electron chi connectivity index (χ2n) is 9.94. The maximum atomic E-state index is 14.0. The molecule has 7 nitrogen and oxygen atoms in total. The molecule has 0 unspecified atom stereocenters. The Morgan fingerprint density at radius 2 is 1.65 bits per heavy atom. The van der Waals surface area contributed by atoms with Gasteiger partial charge in [0.1, 0.15) is 11.6 Å². The fourth-order valence-corrected chi connectivity index (χ4v) is 5.25. The first kappa shape index (κ1) is 25.0. The molecule has 2 fully saturated rings. The van der Waals surface area contributed by atoms with Crippen molar-refractivity contribution in [2.75, 3.05) is 54.4 Å². The highest BCUT2D eigenvalue weighted by atomic mass is 19.1. The lowest BCUT2D eigenvalue weighted by Gasteiger charge is -2.36. The Morgan fingerprint density at radius 3 is 2.41 bits per heavy atom. The number of carbonyl (C=O) groups is 2. The van der Waals surface area contributed by atoms with Gasteiger partial charge in [0.15, 0.2) is 0 Å². The summed E-state index contributed by atoms with van der Waals surface area (Å²) in [7, 11) is 0. The standard InChI is InChI=1S/C29H34FN5O2/c1-21-19-27(34-13-5-2-6-14-34)32-25-10-9-22(20-23(21)25)31-28(36)11-12-29(37)35-17-15-33(16-18-35)26-8-4-3-7-24(26)30/h3-4,7-10,19-20H,2,5-6,11-18H2,1H3,(H,31,36). The van der Waals surface area contributed by atoms with Crippen LogP contribution >= 0.6 is 0 Å². The van der Waals surface area contributed by atoms with Crippen LogP contribution in [-0.4, -0.2) is 61.0 Å². The molecule has 8 heteroatoms. The molecule has 3 heterocycles. The van der Waals surface area contributed by atoms with Crippen LogP contribution in [0.25, 0.3) is 10.9 Å². The van der Waals surface area contributed by atoms with Crippen LogP contribution in [0.2, 0.25) is 0 Å². The minimum atomic E-state index is -0.249. The van der Waals surface area contributed by atoms with Crippen LogP contribution in [0.5, 0.6) is 0 Å². The van der Waals surface area contributed by atoms with Crippen LogP contribution in [-0.2, 0) is 9.59 Å². The Bertz CT molecular complexity index is 1280. The lowest BCUT2D eigenvalue weighted by molar-refractivity contribution is -0.133. The number of carbonyl (C=O) groups excluding carboxylic acids is 2. The van der Waals surface area contributed by atoms with E-state index in [0.29, 0.717) is 37.6 Å². The number of amides is 2. The number of aromatic nitrogens is 1. The Morgan fingerprint density at radius 1 is 0.892 bits per heavy atom. The van der Waals surface area contributed by atoms with Crippen LogP contribution in [0.1, 0.15) is 37.7 Å². The number of aryl methyl sites for hydroxylation is 1. The summed E-state index contributed by atoms with van der Waals surface area (Å²) >= 11 is 0. The number of benzene rings is 2. The number of anilines is 3. The van der Waals surface area contributed by atoms with Crippen LogP contribution in [0.4, 0.5) is 21.6 Å². The fraction of sp³-hybridized carbons (Fsp3) is 0.414. The van der Waals surface area contributed by atoms with Gasteiger partial charge in [0.05, 0.1) is 11.2 Å². The molecule has 0 spiro atoms. The second-order valence-corrected chi connectivity index (χ2v) is 9.94. The van der Waals surface area contributed by atoms with Gasteiger partial charge in [0.25, 0.3) is 0 Å². The zero-order valence-electron chi connectivity index (χ0n) is 21.4. The third-order valence-corrected chi connectivity index (χ3v) is 7.36. The van der Waals surface area contributed by atoms with Crippen molar-refractivity contribution in [3.05, 3.63) is 59.9 Å². The number of para-hydroxylation sites is 1. The highest BCUT2D eigenvalue weighted by Gasteiger charge is 2.23. The van der Waals surface area contributed by atoms with Crippen LogP contribution in [0, 0.1) is 12.7 Å². The lowest BCUT2D eigenvalue weighted by Crippen LogP contribution is -2.49. The molecule has 0 atom stereocenters. The van der Waals surface area contributed by atoms with Crippen molar-refractivity contribution in [1.82, 2.24) is 9.88 Å². The van der Waals surface area contributed by atoms with Gasteiger partial charge in [-0.1, -0.05) is 12.1 Å². The second kappa shape index (κ2) is 11.2. The molecule has 2 aliphatic rings. The largest absolute Gasteiger partial charge is 0.366 e. The third kappa shape index (κ3) is 5.84. The number of halogens is 1. The molecule has 1 aromatic heterocycles. The number of pyridine rings is 1. The minimum Gasteiger partial charge on any atom is -0.366 e. The lowest BCUT2D eigenvalue weighted by atomic mass is 10.1. The van der Waals surface area contributed by atoms with Gasteiger partial charge < -0.3 is 20.0 Å². The van der Waals surface area contributed by atoms with E-state index in [9.17, 15) is 14.0 Å². The molecule has 0 bridgehead atoms. The van der Waals surface area contributed by atoms with Crippen molar-refractivity contribution in [1.29, 1.82) is 0 Å². The minimum absolute atomic E-state index is 0.0490. The summed E-state index contributed by atoms with van der Waals surface area (Å²) in [6, 6.07) is 14.6. The Labute approximate surface area is 217 Å². The Balaban J connectivity index is 1.13. The zero-order valence-corrected chi connectivity index (χ0v) is 21.4. The summed E-state index contributed by atoms with van der Waals surface area (Å²) in [5, 5.41) is 3.95. The van der Waals surface area contributed by atoms with E-state index in [-0.39, 0.29) is 30.5 Å². The van der Waals surface area contributed by atoms with Crippen molar-refractivity contribution in [3.8, 4) is 0 Å². The summed E-state index contributed by atoms with van der Waals surface area (Å²) < 4.78 is 14.0. The molecule has 0 aliphatic carbocycles. The predicted molar refractivity (Wildman–Crippen MR) is 146 cm³/mol. The topological polar surface area (TPSA) is 68.8 Å². The monoisotopic (exact) mass is 503 g/mol. The van der Waals surface area contributed by atoms with E-state index in [0.717, 1.165) is 35.4 Å². The summed E-state index contributed by atoms with van der Waals surface area (Å²) in [6.07, 6.45) is 3.96. The highest BCUT2D eigenvalue weighted by molar-refractivity contribution is 5.96. The summed E-state index contributed by atoms with van der Waals surface area (Å²) in [4.78, 5) is 36.2. The normalized spacial score (nSPS) is 16.2. The van der Waals surface area contributed by atoms with Crippen molar-refractivity contribution in [2.24, 2.45) is 0 Å². The smallest absolute Gasteiger partial charge is 0.224 e. The molecule has 5 rings (SSSR count). The molecule has 2 aromatic carbocycles. The van der Waals surface area contributed by atoms with Gasteiger partial charge in [-0.05, 0) is 68.1 Å². The quantitative estimate of drug-likeness (QED) is 0.526. The van der Waals surface area contributed by atoms with Crippen LogP contribution in [0.3, 0.4) is 0 Å². The van der Waals surface area contributed by atoms with Crippen LogP contribution in [0.15, 0.2) is 48.5 Å².